The van der Waals surface area contributed by atoms with Gasteiger partial charge in [0, 0.05) is 13.1 Å². The molecule has 0 aromatic heterocycles. The second-order valence-corrected chi connectivity index (χ2v) is 8.82. The standard InChI is InChI=1S/C16H20N2O7S2/c19-11-9-17-26(21,22)15-5-1-13(2-6-15)25-14-3-7-16(8-4-14)27(23,24)18-10-12-20/h1-8,17-20H,9-12H2. The normalized spacial score (nSPS) is 12.1. The molecule has 0 saturated carbocycles. The lowest BCUT2D eigenvalue weighted by molar-refractivity contribution is 0.300. The molecule has 4 N–H and O–H groups in total. The number of benzene rings is 2. The van der Waals surface area contributed by atoms with Gasteiger partial charge in [0.15, 0.2) is 0 Å². The third-order valence-electron chi connectivity index (χ3n) is 3.31. The van der Waals surface area contributed by atoms with Gasteiger partial charge >= 0.3 is 0 Å². The second kappa shape index (κ2) is 9.26. The van der Waals surface area contributed by atoms with Crippen LogP contribution in [0, 0.1) is 0 Å². The van der Waals surface area contributed by atoms with Crippen LogP contribution in [0.1, 0.15) is 0 Å². The zero-order chi connectivity index (χ0) is 19.9. The van der Waals surface area contributed by atoms with E-state index in [9.17, 15) is 16.8 Å². The molecule has 0 heterocycles. The average molecular weight is 416 g/mol. The van der Waals surface area contributed by atoms with E-state index in [4.69, 9.17) is 14.9 Å². The average Bonchev–Trinajstić information content (AvgIpc) is 2.66. The molecule has 0 aliphatic carbocycles. The van der Waals surface area contributed by atoms with Crippen molar-refractivity contribution in [1.82, 2.24) is 9.44 Å². The summed E-state index contributed by atoms with van der Waals surface area (Å²) in [7, 11) is -7.40. The molecular formula is C16H20N2O7S2. The van der Waals surface area contributed by atoms with Crippen molar-refractivity contribution in [1.29, 1.82) is 0 Å². The lowest BCUT2D eigenvalue weighted by atomic mass is 10.3. The van der Waals surface area contributed by atoms with Crippen molar-refractivity contribution in [2.75, 3.05) is 26.3 Å². The third-order valence-corrected chi connectivity index (χ3v) is 6.27. The molecule has 2 rings (SSSR count). The number of ether oxygens (including phenoxy) is 1. The maximum absolute atomic E-state index is 11.9. The van der Waals surface area contributed by atoms with Crippen LogP contribution < -0.4 is 14.2 Å². The van der Waals surface area contributed by atoms with E-state index in [2.05, 4.69) is 9.44 Å². The van der Waals surface area contributed by atoms with Crippen molar-refractivity contribution in [3.05, 3.63) is 48.5 Å². The van der Waals surface area contributed by atoms with Gasteiger partial charge in [-0.1, -0.05) is 0 Å². The van der Waals surface area contributed by atoms with Crippen LogP contribution in [-0.2, 0) is 20.0 Å². The Morgan fingerprint density at radius 1 is 0.667 bits per heavy atom. The highest BCUT2D eigenvalue weighted by Crippen LogP contribution is 2.24. The zero-order valence-corrected chi connectivity index (χ0v) is 15.8. The van der Waals surface area contributed by atoms with Gasteiger partial charge < -0.3 is 14.9 Å². The molecule has 2 aromatic rings. The Morgan fingerprint density at radius 3 is 1.30 bits per heavy atom. The van der Waals surface area contributed by atoms with Gasteiger partial charge in [-0.3, -0.25) is 0 Å². The van der Waals surface area contributed by atoms with Crippen molar-refractivity contribution in [3.63, 3.8) is 0 Å². The summed E-state index contributed by atoms with van der Waals surface area (Å²) in [5.41, 5.74) is 0. The van der Waals surface area contributed by atoms with Crippen LogP contribution in [-0.4, -0.2) is 53.4 Å². The summed E-state index contributed by atoms with van der Waals surface area (Å²) in [4.78, 5) is 0.0550. The molecule has 0 amide bonds. The molecule has 0 unspecified atom stereocenters. The van der Waals surface area contributed by atoms with Crippen molar-refractivity contribution in [2.45, 2.75) is 9.79 Å². The second-order valence-electron chi connectivity index (χ2n) is 5.29. The monoisotopic (exact) mass is 416 g/mol. The van der Waals surface area contributed by atoms with E-state index in [0.29, 0.717) is 11.5 Å². The molecule has 0 aliphatic rings. The maximum Gasteiger partial charge on any atom is 0.240 e. The van der Waals surface area contributed by atoms with E-state index in [1.807, 2.05) is 0 Å². The summed E-state index contributed by atoms with van der Waals surface area (Å²) < 4.78 is 57.7. The predicted molar refractivity (Wildman–Crippen MR) is 97.5 cm³/mol. The highest BCUT2D eigenvalue weighted by molar-refractivity contribution is 7.89. The van der Waals surface area contributed by atoms with E-state index < -0.39 is 20.0 Å². The van der Waals surface area contributed by atoms with Crippen LogP contribution in [0.5, 0.6) is 11.5 Å². The van der Waals surface area contributed by atoms with Crippen LogP contribution in [0.2, 0.25) is 0 Å². The van der Waals surface area contributed by atoms with Crippen molar-refractivity contribution in [3.8, 4) is 11.5 Å². The summed E-state index contributed by atoms with van der Waals surface area (Å²) in [5, 5.41) is 17.4. The summed E-state index contributed by atoms with van der Waals surface area (Å²) in [6.45, 7) is -0.769. The van der Waals surface area contributed by atoms with E-state index in [1.54, 1.807) is 0 Å². The van der Waals surface area contributed by atoms with Crippen LogP contribution in [0.3, 0.4) is 0 Å². The number of nitrogens with one attached hydrogen (secondary N) is 2. The highest BCUT2D eigenvalue weighted by atomic mass is 32.2. The van der Waals surface area contributed by atoms with Crippen LogP contribution >= 0.6 is 0 Å². The SMILES string of the molecule is O=S(=O)(NCCO)c1ccc(Oc2ccc(S(=O)(=O)NCCO)cc2)cc1. The molecule has 148 valence electrons. The van der Waals surface area contributed by atoms with E-state index >= 15 is 0 Å². The van der Waals surface area contributed by atoms with Gasteiger partial charge in [-0.2, -0.15) is 0 Å². The van der Waals surface area contributed by atoms with Crippen LogP contribution in [0.25, 0.3) is 0 Å². The molecule has 0 atom stereocenters. The van der Waals surface area contributed by atoms with E-state index in [-0.39, 0.29) is 36.1 Å². The number of aliphatic hydroxyl groups excluding tert-OH is 2. The molecule has 11 heteroatoms. The number of aliphatic hydroxyl groups is 2. The van der Waals surface area contributed by atoms with Gasteiger partial charge in [-0.25, -0.2) is 26.3 Å². The lowest BCUT2D eigenvalue weighted by Crippen LogP contribution is -2.26. The van der Waals surface area contributed by atoms with Crippen LogP contribution in [0.15, 0.2) is 58.3 Å². The molecule has 0 radical (unpaired) electrons. The van der Waals surface area contributed by atoms with Crippen molar-refractivity contribution in [2.24, 2.45) is 0 Å². The Bertz CT molecular complexity index is 862. The van der Waals surface area contributed by atoms with Gasteiger partial charge in [0.2, 0.25) is 20.0 Å². The van der Waals surface area contributed by atoms with Crippen LogP contribution in [0.4, 0.5) is 0 Å². The summed E-state index contributed by atoms with van der Waals surface area (Å²) in [6.07, 6.45) is 0. The highest BCUT2D eigenvalue weighted by Gasteiger charge is 2.14. The maximum atomic E-state index is 11.9. The fourth-order valence-electron chi connectivity index (χ4n) is 2.04. The summed E-state index contributed by atoms with van der Waals surface area (Å²) >= 11 is 0. The minimum absolute atomic E-state index is 0.0275. The van der Waals surface area contributed by atoms with Gasteiger partial charge in [-0.05, 0) is 48.5 Å². The van der Waals surface area contributed by atoms with Gasteiger partial charge in [0.05, 0.1) is 23.0 Å². The summed E-state index contributed by atoms with van der Waals surface area (Å²) in [5.74, 6) is 0.732. The van der Waals surface area contributed by atoms with Crippen molar-refractivity contribution < 1.29 is 31.8 Å². The lowest BCUT2D eigenvalue weighted by Gasteiger charge is -2.09. The molecule has 0 spiro atoms. The first-order valence-corrected chi connectivity index (χ1v) is 10.8. The molecule has 0 aliphatic heterocycles. The molecule has 9 nitrogen and oxygen atoms in total. The Hall–Kier alpha value is -2.02. The number of hydrogen-bond acceptors (Lipinski definition) is 7. The van der Waals surface area contributed by atoms with E-state index in [1.165, 1.54) is 48.5 Å². The minimum Gasteiger partial charge on any atom is -0.457 e. The molecular weight excluding hydrogens is 396 g/mol. The largest absolute Gasteiger partial charge is 0.457 e. The molecule has 0 bridgehead atoms. The first kappa shape index (κ1) is 21.3. The Labute approximate surface area is 157 Å². The molecule has 0 saturated heterocycles. The predicted octanol–water partition coefficient (Wildman–Crippen LogP) is 0.0201. The minimum atomic E-state index is -3.70. The first-order chi connectivity index (χ1) is 12.8. The van der Waals surface area contributed by atoms with Gasteiger partial charge in [0.25, 0.3) is 0 Å². The Morgan fingerprint density at radius 2 is 1.00 bits per heavy atom. The third kappa shape index (κ3) is 5.99. The van der Waals surface area contributed by atoms with Gasteiger partial charge in [0.1, 0.15) is 11.5 Å². The smallest absolute Gasteiger partial charge is 0.240 e. The van der Waals surface area contributed by atoms with Crippen molar-refractivity contribution >= 4 is 20.0 Å². The van der Waals surface area contributed by atoms with Gasteiger partial charge in [-0.15, -0.1) is 0 Å². The first-order valence-electron chi connectivity index (χ1n) is 7.87. The van der Waals surface area contributed by atoms with E-state index in [0.717, 1.165) is 0 Å². The molecule has 0 fully saturated rings. The topological polar surface area (TPSA) is 142 Å². The quantitative estimate of drug-likeness (QED) is 0.428. The number of sulfonamides is 2. The molecule has 2 aromatic carbocycles. The zero-order valence-electron chi connectivity index (χ0n) is 14.2. The fraction of sp³-hybridized carbons (Fsp3) is 0.250. The Balaban J connectivity index is 2.07. The molecule has 27 heavy (non-hydrogen) atoms. The Kier molecular flexibility index (Phi) is 7.30. The summed E-state index contributed by atoms with van der Waals surface area (Å²) in [6, 6.07) is 11.3. The number of rotatable bonds is 10. The fourth-order valence-corrected chi connectivity index (χ4v) is 4.08. The number of hydrogen-bond donors (Lipinski definition) is 4.